The zero-order valence-electron chi connectivity index (χ0n) is 6.23. The van der Waals surface area contributed by atoms with E-state index in [1.54, 1.807) is 6.92 Å². The fourth-order valence-corrected chi connectivity index (χ4v) is 0.703. The molecular formula is C7H13BrO2. The third kappa shape index (κ3) is 8.11. The van der Waals surface area contributed by atoms with Crippen molar-refractivity contribution >= 4 is 21.7 Å². The van der Waals surface area contributed by atoms with Crippen LogP contribution in [0.5, 0.6) is 0 Å². The Morgan fingerprint density at radius 2 is 2.20 bits per heavy atom. The number of hydrogen-bond acceptors (Lipinski definition) is 2. The minimum Gasteiger partial charge on any atom is -0.381 e. The average molecular weight is 209 g/mol. The smallest absolute Gasteiger partial charge is 0.132 e. The quantitative estimate of drug-likeness (QED) is 0.492. The predicted octanol–water partition coefficient (Wildman–Crippen LogP) is 1.77. The van der Waals surface area contributed by atoms with Crippen LogP contribution in [0.4, 0.5) is 0 Å². The van der Waals surface area contributed by atoms with Gasteiger partial charge in [-0.25, -0.2) is 0 Å². The molecule has 0 heterocycles. The lowest BCUT2D eigenvalue weighted by molar-refractivity contribution is -0.118. The zero-order valence-corrected chi connectivity index (χ0v) is 7.82. The molecule has 0 unspecified atom stereocenters. The van der Waals surface area contributed by atoms with Crippen molar-refractivity contribution in [1.29, 1.82) is 0 Å². The molecule has 0 radical (unpaired) electrons. The number of rotatable bonds is 6. The third-order valence-corrected chi connectivity index (χ3v) is 1.58. The van der Waals surface area contributed by atoms with Gasteiger partial charge in [-0.05, 0) is 13.3 Å². The lowest BCUT2D eigenvalue weighted by Crippen LogP contribution is -2.01. The Hall–Kier alpha value is 0.110. The van der Waals surface area contributed by atoms with Crippen LogP contribution < -0.4 is 0 Å². The van der Waals surface area contributed by atoms with Crippen molar-refractivity contribution in [1.82, 2.24) is 0 Å². The molecule has 2 nitrogen and oxygen atoms in total. The van der Waals surface area contributed by atoms with E-state index in [1.165, 1.54) is 0 Å². The molecule has 0 aliphatic carbocycles. The summed E-state index contributed by atoms with van der Waals surface area (Å²) in [6, 6.07) is 0. The minimum atomic E-state index is 0.193. The molecule has 0 N–H and O–H groups in total. The second kappa shape index (κ2) is 7.22. The third-order valence-electron chi connectivity index (χ3n) is 1.02. The second-order valence-electron chi connectivity index (χ2n) is 2.11. The van der Waals surface area contributed by atoms with Crippen LogP contribution in [-0.2, 0) is 9.53 Å². The Labute approximate surface area is 70.1 Å². The van der Waals surface area contributed by atoms with Crippen LogP contribution >= 0.6 is 15.9 Å². The fourth-order valence-electron chi connectivity index (χ4n) is 0.475. The summed E-state index contributed by atoms with van der Waals surface area (Å²) >= 11 is 3.28. The van der Waals surface area contributed by atoms with Crippen molar-refractivity contribution < 1.29 is 9.53 Å². The van der Waals surface area contributed by atoms with E-state index < -0.39 is 0 Å². The van der Waals surface area contributed by atoms with E-state index in [2.05, 4.69) is 15.9 Å². The van der Waals surface area contributed by atoms with Gasteiger partial charge < -0.3 is 4.74 Å². The molecule has 0 aliphatic heterocycles. The summed E-state index contributed by atoms with van der Waals surface area (Å²) in [5.41, 5.74) is 0. The number of halogens is 1. The maximum absolute atomic E-state index is 10.4. The number of carbonyl (C=O) groups excluding carboxylic acids is 1. The largest absolute Gasteiger partial charge is 0.381 e. The normalized spacial score (nSPS) is 9.80. The van der Waals surface area contributed by atoms with E-state index in [4.69, 9.17) is 4.74 Å². The van der Waals surface area contributed by atoms with E-state index >= 15 is 0 Å². The minimum absolute atomic E-state index is 0.193. The van der Waals surface area contributed by atoms with Gasteiger partial charge in [-0.3, -0.25) is 4.79 Å². The van der Waals surface area contributed by atoms with Crippen LogP contribution in [0.2, 0.25) is 0 Å². The van der Waals surface area contributed by atoms with Gasteiger partial charge >= 0.3 is 0 Å². The molecule has 60 valence electrons. The van der Waals surface area contributed by atoms with E-state index in [0.717, 1.165) is 18.4 Å². The van der Waals surface area contributed by atoms with Crippen molar-refractivity contribution in [2.45, 2.75) is 19.8 Å². The van der Waals surface area contributed by atoms with Gasteiger partial charge in [0.15, 0.2) is 0 Å². The molecule has 0 spiro atoms. The topological polar surface area (TPSA) is 26.3 Å². The van der Waals surface area contributed by atoms with Gasteiger partial charge in [0, 0.05) is 18.4 Å². The molecule has 0 rings (SSSR count). The molecule has 0 aliphatic rings. The highest BCUT2D eigenvalue weighted by molar-refractivity contribution is 9.09. The molecular weight excluding hydrogens is 196 g/mol. The summed E-state index contributed by atoms with van der Waals surface area (Å²) in [6.07, 6.45) is 1.56. The number of ketones is 1. The van der Waals surface area contributed by atoms with Crippen LogP contribution in [0.15, 0.2) is 0 Å². The Kier molecular flexibility index (Phi) is 7.30. The summed E-state index contributed by atoms with van der Waals surface area (Å²) < 4.78 is 5.13. The average Bonchev–Trinajstić information content (AvgIpc) is 1.87. The van der Waals surface area contributed by atoms with Gasteiger partial charge in [-0.1, -0.05) is 15.9 Å². The van der Waals surface area contributed by atoms with Crippen molar-refractivity contribution in [3.05, 3.63) is 0 Å². The van der Waals surface area contributed by atoms with Crippen molar-refractivity contribution in [2.75, 3.05) is 18.5 Å². The summed E-state index contributed by atoms with van der Waals surface area (Å²) in [7, 11) is 0. The van der Waals surface area contributed by atoms with E-state index in [-0.39, 0.29) is 5.78 Å². The van der Waals surface area contributed by atoms with Gasteiger partial charge in [0.25, 0.3) is 0 Å². The van der Waals surface area contributed by atoms with E-state index in [0.29, 0.717) is 13.0 Å². The molecule has 0 saturated carbocycles. The summed E-state index contributed by atoms with van der Waals surface area (Å²) in [5.74, 6) is 0.193. The molecule has 0 atom stereocenters. The molecule has 3 heteroatoms. The predicted molar refractivity (Wildman–Crippen MR) is 44.5 cm³/mol. The Balaban J connectivity index is 2.84. The number of alkyl halides is 1. The first-order valence-corrected chi connectivity index (χ1v) is 4.52. The maximum Gasteiger partial charge on any atom is 0.132 e. The number of hydrogen-bond donors (Lipinski definition) is 0. The van der Waals surface area contributed by atoms with E-state index in [9.17, 15) is 4.79 Å². The lowest BCUT2D eigenvalue weighted by atomic mass is 10.3. The molecule has 0 fully saturated rings. The van der Waals surface area contributed by atoms with Gasteiger partial charge in [0.2, 0.25) is 0 Å². The zero-order chi connectivity index (χ0) is 7.82. The van der Waals surface area contributed by atoms with Gasteiger partial charge in [-0.2, -0.15) is 0 Å². The first kappa shape index (κ1) is 10.1. The standard InChI is InChI=1S/C7H13BrO2/c1-7(9)3-6-10-5-2-4-8/h2-6H2,1H3. The summed E-state index contributed by atoms with van der Waals surface area (Å²) in [5, 5.41) is 0.965. The highest BCUT2D eigenvalue weighted by Gasteiger charge is 1.91. The fraction of sp³-hybridized carbons (Fsp3) is 0.857. The first-order valence-electron chi connectivity index (χ1n) is 3.40. The van der Waals surface area contributed by atoms with Crippen LogP contribution in [0.25, 0.3) is 0 Å². The maximum atomic E-state index is 10.4. The SMILES string of the molecule is CC(=O)CCOCCCBr. The van der Waals surface area contributed by atoms with Gasteiger partial charge in [-0.15, -0.1) is 0 Å². The molecule has 0 aromatic rings. The number of carbonyl (C=O) groups is 1. The van der Waals surface area contributed by atoms with Crippen molar-refractivity contribution in [2.24, 2.45) is 0 Å². The molecule has 0 aromatic carbocycles. The molecule has 0 aromatic heterocycles. The van der Waals surface area contributed by atoms with Gasteiger partial charge in [0.05, 0.1) is 6.61 Å². The van der Waals surface area contributed by atoms with Crippen molar-refractivity contribution in [3.63, 3.8) is 0 Å². The van der Waals surface area contributed by atoms with Crippen molar-refractivity contribution in [3.8, 4) is 0 Å². The van der Waals surface area contributed by atoms with Gasteiger partial charge in [0.1, 0.15) is 5.78 Å². The Bertz CT molecular complexity index is 93.6. The monoisotopic (exact) mass is 208 g/mol. The molecule has 0 amide bonds. The highest BCUT2D eigenvalue weighted by Crippen LogP contribution is 1.90. The lowest BCUT2D eigenvalue weighted by Gasteiger charge is -1.98. The van der Waals surface area contributed by atoms with Crippen LogP contribution in [0, 0.1) is 0 Å². The Morgan fingerprint density at radius 3 is 2.70 bits per heavy atom. The molecule has 0 saturated heterocycles. The molecule has 0 bridgehead atoms. The Morgan fingerprint density at radius 1 is 1.50 bits per heavy atom. The van der Waals surface area contributed by atoms with E-state index in [1.807, 2.05) is 0 Å². The number of Topliss-reactive ketones (excluding diaryl/α,β-unsaturated/α-hetero) is 1. The summed E-state index contributed by atoms with van der Waals surface area (Å²) in [6.45, 7) is 2.90. The first-order chi connectivity index (χ1) is 4.77. The van der Waals surface area contributed by atoms with Crippen LogP contribution in [0.1, 0.15) is 19.8 Å². The number of ether oxygens (including phenoxy) is 1. The van der Waals surface area contributed by atoms with Crippen LogP contribution in [-0.4, -0.2) is 24.3 Å². The second-order valence-corrected chi connectivity index (χ2v) is 2.90. The summed E-state index contributed by atoms with van der Waals surface area (Å²) in [4.78, 5) is 10.4. The highest BCUT2D eigenvalue weighted by atomic mass is 79.9. The van der Waals surface area contributed by atoms with Crippen LogP contribution in [0.3, 0.4) is 0 Å². The molecule has 10 heavy (non-hydrogen) atoms.